The molecule has 1 heterocycles. The summed E-state index contributed by atoms with van der Waals surface area (Å²) in [4.78, 5) is 14.8. The summed E-state index contributed by atoms with van der Waals surface area (Å²) in [6.45, 7) is 0.322. The molecular weight excluding hydrogens is 386 g/mol. The molecule has 0 spiro atoms. The molecule has 0 aliphatic carbocycles. The Morgan fingerprint density at radius 3 is 2.33 bits per heavy atom. The number of hydrogen-bond donors (Lipinski definition) is 1. The van der Waals surface area contributed by atoms with E-state index in [0.717, 1.165) is 5.69 Å². The molecule has 1 aliphatic rings. The molecule has 1 atom stereocenters. The van der Waals surface area contributed by atoms with Crippen LogP contribution in [0.25, 0.3) is 0 Å². The van der Waals surface area contributed by atoms with Crippen LogP contribution in [0.5, 0.6) is 0 Å². The van der Waals surface area contributed by atoms with Gasteiger partial charge in [0.2, 0.25) is 15.9 Å². The number of halogens is 1. The van der Waals surface area contributed by atoms with Gasteiger partial charge in [0.25, 0.3) is 0 Å². The van der Waals surface area contributed by atoms with Gasteiger partial charge >= 0.3 is 0 Å². The normalized spacial score (nSPS) is 17.7. The number of hydrogen-bond acceptors (Lipinski definition) is 4. The minimum absolute atomic E-state index is 0.141. The van der Waals surface area contributed by atoms with Crippen LogP contribution in [-0.4, -0.2) is 45.3 Å². The molecule has 0 bridgehead atoms. The van der Waals surface area contributed by atoms with Crippen molar-refractivity contribution in [2.45, 2.75) is 23.8 Å². The summed E-state index contributed by atoms with van der Waals surface area (Å²) < 4.78 is 27.1. The second-order valence-corrected chi connectivity index (χ2v) is 8.99. The Hall–Kier alpha value is -2.09. The van der Waals surface area contributed by atoms with Crippen LogP contribution < -0.4 is 10.2 Å². The van der Waals surface area contributed by atoms with Crippen molar-refractivity contribution in [1.29, 1.82) is 0 Å². The highest BCUT2D eigenvalue weighted by Crippen LogP contribution is 2.28. The molecule has 0 saturated carbocycles. The molecule has 1 fully saturated rings. The van der Waals surface area contributed by atoms with E-state index in [9.17, 15) is 13.2 Å². The molecule has 2 aromatic rings. The lowest BCUT2D eigenvalue weighted by Crippen LogP contribution is -2.43. The van der Waals surface area contributed by atoms with Crippen molar-refractivity contribution in [3.8, 4) is 0 Å². The maximum Gasteiger partial charge on any atom is 0.243 e. The predicted octanol–water partition coefficient (Wildman–Crippen LogP) is 3.20. The summed E-state index contributed by atoms with van der Waals surface area (Å²) in [5.41, 5.74) is 1.65. The molecule has 1 N–H and O–H groups in total. The molecule has 2 aromatic carbocycles. The monoisotopic (exact) mass is 407 g/mol. The van der Waals surface area contributed by atoms with Crippen LogP contribution in [-0.2, 0) is 14.8 Å². The van der Waals surface area contributed by atoms with E-state index in [0.29, 0.717) is 30.1 Å². The molecule has 8 heteroatoms. The molecule has 27 heavy (non-hydrogen) atoms. The molecule has 0 unspecified atom stereocenters. The van der Waals surface area contributed by atoms with Gasteiger partial charge in [-0.25, -0.2) is 8.42 Å². The van der Waals surface area contributed by atoms with Crippen LogP contribution in [0.4, 0.5) is 11.4 Å². The van der Waals surface area contributed by atoms with E-state index in [2.05, 4.69) is 5.32 Å². The first-order valence-electron chi connectivity index (χ1n) is 8.65. The highest BCUT2D eigenvalue weighted by atomic mass is 35.5. The third kappa shape index (κ3) is 4.26. The zero-order valence-electron chi connectivity index (χ0n) is 15.2. The fraction of sp³-hybridized carbons (Fsp3) is 0.316. The zero-order chi connectivity index (χ0) is 19.6. The Morgan fingerprint density at radius 1 is 1.11 bits per heavy atom. The highest BCUT2D eigenvalue weighted by Gasteiger charge is 2.39. The van der Waals surface area contributed by atoms with Gasteiger partial charge in [-0.05, 0) is 61.4 Å². The van der Waals surface area contributed by atoms with Gasteiger partial charge in [0, 0.05) is 37.0 Å². The van der Waals surface area contributed by atoms with E-state index < -0.39 is 16.1 Å². The third-order valence-corrected chi connectivity index (χ3v) is 6.75. The van der Waals surface area contributed by atoms with E-state index in [-0.39, 0.29) is 10.8 Å². The molecule has 3 rings (SSSR count). The number of nitrogens with one attached hydrogen (secondary N) is 1. The number of carbonyl (C=O) groups is 1. The first-order chi connectivity index (χ1) is 12.8. The number of nitrogens with zero attached hydrogens (tertiary/aromatic N) is 2. The summed E-state index contributed by atoms with van der Waals surface area (Å²) in [5, 5.41) is 3.29. The van der Waals surface area contributed by atoms with E-state index in [1.807, 2.05) is 31.1 Å². The summed E-state index contributed by atoms with van der Waals surface area (Å²) in [6, 6.07) is 12.7. The first kappa shape index (κ1) is 19.7. The van der Waals surface area contributed by atoms with Gasteiger partial charge in [0.15, 0.2) is 0 Å². The maximum atomic E-state index is 12.9. The third-order valence-electron chi connectivity index (χ3n) is 4.58. The lowest BCUT2D eigenvalue weighted by molar-refractivity contribution is -0.119. The highest BCUT2D eigenvalue weighted by molar-refractivity contribution is 7.89. The summed E-state index contributed by atoms with van der Waals surface area (Å²) >= 11 is 5.85. The zero-order valence-corrected chi connectivity index (χ0v) is 16.8. The molecule has 0 aromatic heterocycles. The quantitative estimate of drug-likeness (QED) is 0.826. The number of sulfonamides is 1. The predicted molar refractivity (Wildman–Crippen MR) is 108 cm³/mol. The number of carbonyl (C=O) groups excluding carboxylic acids is 1. The van der Waals surface area contributed by atoms with Crippen molar-refractivity contribution in [2.24, 2.45) is 0 Å². The summed E-state index contributed by atoms with van der Waals surface area (Å²) in [7, 11) is 0.120. The minimum Gasteiger partial charge on any atom is -0.378 e. The standard InChI is InChI=1S/C19H22ClN3O3S/c1-22(2)16-9-7-15(8-10-16)21-19(24)18-4-3-13-23(18)27(25,26)17-11-5-14(20)6-12-17/h5-12,18H,3-4,13H2,1-2H3,(H,21,24)/t18-/m1/s1. The molecule has 1 aliphatic heterocycles. The fourth-order valence-corrected chi connectivity index (χ4v) is 4.88. The van der Waals surface area contributed by atoms with Gasteiger partial charge in [-0.1, -0.05) is 11.6 Å². The Labute approximate surface area is 164 Å². The molecular formula is C19H22ClN3O3S. The molecule has 6 nitrogen and oxygen atoms in total. The van der Waals surface area contributed by atoms with Crippen molar-refractivity contribution in [3.63, 3.8) is 0 Å². The van der Waals surface area contributed by atoms with Crippen molar-refractivity contribution >= 4 is 38.9 Å². The first-order valence-corrected chi connectivity index (χ1v) is 10.5. The number of anilines is 2. The minimum atomic E-state index is -3.75. The van der Waals surface area contributed by atoms with E-state index in [4.69, 9.17) is 11.6 Å². The van der Waals surface area contributed by atoms with E-state index >= 15 is 0 Å². The Morgan fingerprint density at radius 2 is 1.74 bits per heavy atom. The van der Waals surface area contributed by atoms with Crippen LogP contribution in [0.15, 0.2) is 53.4 Å². The SMILES string of the molecule is CN(C)c1ccc(NC(=O)[C@H]2CCCN2S(=O)(=O)c2ccc(Cl)cc2)cc1. The van der Waals surface area contributed by atoms with E-state index in [1.165, 1.54) is 28.6 Å². The second kappa shape index (κ2) is 7.88. The van der Waals surface area contributed by atoms with Crippen molar-refractivity contribution < 1.29 is 13.2 Å². The molecule has 1 amide bonds. The van der Waals surface area contributed by atoms with Crippen molar-refractivity contribution in [3.05, 3.63) is 53.6 Å². The average Bonchev–Trinajstić information content (AvgIpc) is 3.13. The lowest BCUT2D eigenvalue weighted by Gasteiger charge is -2.23. The smallest absolute Gasteiger partial charge is 0.243 e. The van der Waals surface area contributed by atoms with Gasteiger partial charge in [-0.15, -0.1) is 0 Å². The van der Waals surface area contributed by atoms with Gasteiger partial charge < -0.3 is 10.2 Å². The number of amides is 1. The van der Waals surface area contributed by atoms with Crippen molar-refractivity contribution in [1.82, 2.24) is 4.31 Å². The Balaban J connectivity index is 1.77. The van der Waals surface area contributed by atoms with Gasteiger partial charge in [0.05, 0.1) is 4.90 Å². The fourth-order valence-electron chi connectivity index (χ4n) is 3.10. The second-order valence-electron chi connectivity index (χ2n) is 6.66. The summed E-state index contributed by atoms with van der Waals surface area (Å²) in [6.07, 6.45) is 1.14. The average molecular weight is 408 g/mol. The van der Waals surface area contributed by atoms with Crippen LogP contribution >= 0.6 is 11.6 Å². The topological polar surface area (TPSA) is 69.7 Å². The van der Waals surface area contributed by atoms with Gasteiger partial charge in [-0.2, -0.15) is 4.31 Å². The Bertz CT molecular complexity index is 912. The Kier molecular flexibility index (Phi) is 5.74. The summed E-state index contributed by atoms with van der Waals surface area (Å²) in [5.74, 6) is -0.317. The lowest BCUT2D eigenvalue weighted by atomic mass is 10.2. The molecule has 0 radical (unpaired) electrons. The molecule has 144 valence electrons. The maximum absolute atomic E-state index is 12.9. The van der Waals surface area contributed by atoms with Gasteiger partial charge in [0.1, 0.15) is 6.04 Å². The van der Waals surface area contributed by atoms with E-state index in [1.54, 1.807) is 12.1 Å². The number of benzene rings is 2. The number of rotatable bonds is 5. The van der Waals surface area contributed by atoms with Crippen LogP contribution in [0, 0.1) is 0 Å². The van der Waals surface area contributed by atoms with Crippen LogP contribution in [0.1, 0.15) is 12.8 Å². The van der Waals surface area contributed by atoms with Gasteiger partial charge in [-0.3, -0.25) is 4.79 Å². The largest absolute Gasteiger partial charge is 0.378 e. The molecule has 1 saturated heterocycles. The van der Waals surface area contributed by atoms with Crippen LogP contribution in [0.2, 0.25) is 5.02 Å². The van der Waals surface area contributed by atoms with Crippen molar-refractivity contribution in [2.75, 3.05) is 30.9 Å². The van der Waals surface area contributed by atoms with Crippen LogP contribution in [0.3, 0.4) is 0 Å².